The van der Waals surface area contributed by atoms with E-state index in [2.05, 4.69) is 0 Å². The van der Waals surface area contributed by atoms with Crippen molar-refractivity contribution in [2.75, 3.05) is 7.11 Å². The van der Waals surface area contributed by atoms with Gasteiger partial charge in [0, 0.05) is 5.56 Å². The SMILES string of the molecule is COc1ccc(Oc2cccc(C(N)=O)c2)cc1. The van der Waals surface area contributed by atoms with E-state index in [-0.39, 0.29) is 0 Å². The third-order valence-electron chi connectivity index (χ3n) is 2.41. The highest BCUT2D eigenvalue weighted by Crippen LogP contribution is 2.24. The van der Waals surface area contributed by atoms with Gasteiger partial charge in [0.2, 0.25) is 5.91 Å². The maximum atomic E-state index is 11.0. The molecule has 2 rings (SSSR count). The minimum absolute atomic E-state index is 0.418. The van der Waals surface area contributed by atoms with E-state index in [1.54, 1.807) is 55.6 Å². The number of carbonyl (C=O) groups is 1. The van der Waals surface area contributed by atoms with Gasteiger partial charge in [-0.3, -0.25) is 4.79 Å². The molecule has 0 spiro atoms. The number of nitrogens with two attached hydrogens (primary N) is 1. The van der Waals surface area contributed by atoms with E-state index < -0.39 is 5.91 Å². The lowest BCUT2D eigenvalue weighted by molar-refractivity contribution is 0.1000. The molecule has 0 aliphatic heterocycles. The topological polar surface area (TPSA) is 61.6 Å². The molecule has 0 saturated heterocycles. The van der Waals surface area contributed by atoms with E-state index in [0.29, 0.717) is 17.1 Å². The monoisotopic (exact) mass is 243 g/mol. The molecule has 92 valence electrons. The van der Waals surface area contributed by atoms with E-state index in [4.69, 9.17) is 15.2 Å². The molecular formula is C14H13NO3. The van der Waals surface area contributed by atoms with E-state index in [1.165, 1.54) is 0 Å². The number of carbonyl (C=O) groups excluding carboxylic acids is 1. The van der Waals surface area contributed by atoms with Crippen LogP contribution in [0.5, 0.6) is 17.2 Å². The zero-order chi connectivity index (χ0) is 13.0. The first kappa shape index (κ1) is 12.0. The van der Waals surface area contributed by atoms with Gasteiger partial charge in [0.15, 0.2) is 0 Å². The molecule has 0 saturated carbocycles. The van der Waals surface area contributed by atoms with Crippen LogP contribution in [0.25, 0.3) is 0 Å². The summed E-state index contributed by atoms with van der Waals surface area (Å²) < 4.78 is 10.7. The number of methoxy groups -OCH3 is 1. The summed E-state index contributed by atoms with van der Waals surface area (Å²) in [5.74, 6) is 1.51. The molecule has 4 heteroatoms. The van der Waals surface area contributed by atoms with Crippen LogP contribution in [0.3, 0.4) is 0 Å². The Bertz CT molecular complexity index is 549. The van der Waals surface area contributed by atoms with Crippen LogP contribution in [0.1, 0.15) is 10.4 Å². The normalized spacial score (nSPS) is 9.83. The zero-order valence-electron chi connectivity index (χ0n) is 9.92. The third-order valence-corrected chi connectivity index (χ3v) is 2.41. The number of ether oxygens (including phenoxy) is 2. The van der Waals surface area contributed by atoms with Gasteiger partial charge in [-0.1, -0.05) is 6.07 Å². The number of primary amides is 1. The van der Waals surface area contributed by atoms with Gasteiger partial charge in [-0.2, -0.15) is 0 Å². The van der Waals surface area contributed by atoms with E-state index in [9.17, 15) is 4.79 Å². The number of rotatable bonds is 4. The lowest BCUT2D eigenvalue weighted by atomic mass is 10.2. The van der Waals surface area contributed by atoms with Gasteiger partial charge >= 0.3 is 0 Å². The molecule has 0 heterocycles. The van der Waals surface area contributed by atoms with Crippen molar-refractivity contribution >= 4 is 5.91 Å². The van der Waals surface area contributed by atoms with E-state index >= 15 is 0 Å². The lowest BCUT2D eigenvalue weighted by Gasteiger charge is -2.07. The Labute approximate surface area is 105 Å². The Hall–Kier alpha value is -2.49. The smallest absolute Gasteiger partial charge is 0.248 e. The predicted octanol–water partition coefficient (Wildman–Crippen LogP) is 2.59. The average molecular weight is 243 g/mol. The van der Waals surface area contributed by atoms with Crippen LogP contribution in [0, 0.1) is 0 Å². The second kappa shape index (κ2) is 5.23. The average Bonchev–Trinajstić information content (AvgIpc) is 2.40. The van der Waals surface area contributed by atoms with Gasteiger partial charge in [-0.15, -0.1) is 0 Å². The number of amides is 1. The second-order valence-corrected chi connectivity index (χ2v) is 3.67. The van der Waals surface area contributed by atoms with Crippen molar-refractivity contribution in [2.45, 2.75) is 0 Å². The highest BCUT2D eigenvalue weighted by atomic mass is 16.5. The van der Waals surface area contributed by atoms with Crippen LogP contribution in [0.2, 0.25) is 0 Å². The third kappa shape index (κ3) is 2.79. The van der Waals surface area contributed by atoms with Crippen LogP contribution in [0.4, 0.5) is 0 Å². The van der Waals surface area contributed by atoms with Crippen LogP contribution in [-0.2, 0) is 0 Å². The molecule has 0 atom stereocenters. The lowest BCUT2D eigenvalue weighted by Crippen LogP contribution is -2.10. The van der Waals surface area contributed by atoms with Crippen molar-refractivity contribution < 1.29 is 14.3 Å². The van der Waals surface area contributed by atoms with Crippen LogP contribution in [0.15, 0.2) is 48.5 Å². The highest BCUT2D eigenvalue weighted by molar-refractivity contribution is 5.93. The quantitative estimate of drug-likeness (QED) is 0.897. The first-order valence-electron chi connectivity index (χ1n) is 5.41. The molecule has 0 bridgehead atoms. The summed E-state index contributed by atoms with van der Waals surface area (Å²) >= 11 is 0. The largest absolute Gasteiger partial charge is 0.497 e. The minimum Gasteiger partial charge on any atom is -0.497 e. The Morgan fingerprint density at radius 1 is 1.00 bits per heavy atom. The number of benzene rings is 2. The zero-order valence-corrected chi connectivity index (χ0v) is 9.92. The summed E-state index contributed by atoms with van der Waals surface area (Å²) in [4.78, 5) is 11.0. The summed E-state index contributed by atoms with van der Waals surface area (Å²) in [6.07, 6.45) is 0. The summed E-state index contributed by atoms with van der Waals surface area (Å²) in [5.41, 5.74) is 5.62. The van der Waals surface area contributed by atoms with Crippen LogP contribution >= 0.6 is 0 Å². The van der Waals surface area contributed by atoms with Gasteiger partial charge in [0.25, 0.3) is 0 Å². The summed E-state index contributed by atoms with van der Waals surface area (Å²) in [7, 11) is 1.60. The molecule has 18 heavy (non-hydrogen) atoms. The van der Waals surface area contributed by atoms with Gasteiger partial charge < -0.3 is 15.2 Å². The molecule has 1 amide bonds. The Morgan fingerprint density at radius 2 is 1.67 bits per heavy atom. The fourth-order valence-electron chi connectivity index (χ4n) is 1.49. The minimum atomic E-state index is -0.477. The van der Waals surface area contributed by atoms with Crippen LogP contribution in [-0.4, -0.2) is 13.0 Å². The van der Waals surface area contributed by atoms with Crippen LogP contribution < -0.4 is 15.2 Å². The molecule has 0 radical (unpaired) electrons. The molecule has 2 aromatic rings. The van der Waals surface area contributed by atoms with Crippen molar-refractivity contribution in [3.63, 3.8) is 0 Å². The predicted molar refractivity (Wildman–Crippen MR) is 68.0 cm³/mol. The van der Waals surface area contributed by atoms with Gasteiger partial charge in [-0.05, 0) is 42.5 Å². The second-order valence-electron chi connectivity index (χ2n) is 3.67. The summed E-state index contributed by atoms with van der Waals surface area (Å²) in [6, 6.07) is 13.9. The van der Waals surface area contributed by atoms with Crippen molar-refractivity contribution in [2.24, 2.45) is 5.73 Å². The maximum absolute atomic E-state index is 11.0. The van der Waals surface area contributed by atoms with Crippen molar-refractivity contribution in [3.05, 3.63) is 54.1 Å². The molecule has 0 aliphatic rings. The first-order valence-corrected chi connectivity index (χ1v) is 5.41. The van der Waals surface area contributed by atoms with Gasteiger partial charge in [0.05, 0.1) is 7.11 Å². The van der Waals surface area contributed by atoms with Crippen molar-refractivity contribution in [3.8, 4) is 17.2 Å². The Balaban J connectivity index is 2.17. The molecule has 4 nitrogen and oxygen atoms in total. The Kier molecular flexibility index (Phi) is 3.48. The van der Waals surface area contributed by atoms with E-state index in [1.807, 2.05) is 0 Å². The van der Waals surface area contributed by atoms with Crippen molar-refractivity contribution in [1.82, 2.24) is 0 Å². The fourth-order valence-corrected chi connectivity index (χ4v) is 1.49. The molecule has 0 unspecified atom stereocenters. The molecule has 2 aromatic carbocycles. The van der Waals surface area contributed by atoms with Gasteiger partial charge in [-0.25, -0.2) is 0 Å². The van der Waals surface area contributed by atoms with Gasteiger partial charge in [0.1, 0.15) is 17.2 Å². The molecule has 0 aromatic heterocycles. The standard InChI is InChI=1S/C14H13NO3/c1-17-11-5-7-12(8-6-11)18-13-4-2-3-10(9-13)14(15)16/h2-9H,1H3,(H2,15,16). The Morgan fingerprint density at radius 3 is 2.28 bits per heavy atom. The maximum Gasteiger partial charge on any atom is 0.248 e. The first-order chi connectivity index (χ1) is 8.69. The molecule has 0 aliphatic carbocycles. The number of hydrogen-bond donors (Lipinski definition) is 1. The molecular weight excluding hydrogens is 230 g/mol. The summed E-state index contributed by atoms with van der Waals surface area (Å²) in [6.45, 7) is 0. The number of hydrogen-bond acceptors (Lipinski definition) is 3. The summed E-state index contributed by atoms with van der Waals surface area (Å²) in [5, 5.41) is 0. The fraction of sp³-hybridized carbons (Fsp3) is 0.0714. The van der Waals surface area contributed by atoms with Crippen molar-refractivity contribution in [1.29, 1.82) is 0 Å². The molecule has 0 fully saturated rings. The highest BCUT2D eigenvalue weighted by Gasteiger charge is 2.03. The van der Waals surface area contributed by atoms with E-state index in [0.717, 1.165) is 5.75 Å². The molecule has 2 N–H and O–H groups in total.